The molecule has 202 valence electrons. The summed E-state index contributed by atoms with van der Waals surface area (Å²) < 4.78 is 53.3. The second-order valence-electron chi connectivity index (χ2n) is 9.38. The molecule has 5 rings (SSSR count). The van der Waals surface area contributed by atoms with Gasteiger partial charge in [-0.15, -0.1) is 0 Å². The number of amides is 1. The second-order valence-corrected chi connectivity index (χ2v) is 11.1. The van der Waals surface area contributed by atoms with Gasteiger partial charge in [-0.2, -0.15) is 12.7 Å². The third kappa shape index (κ3) is 5.66. The van der Waals surface area contributed by atoms with Crippen LogP contribution in [-0.4, -0.2) is 68.7 Å². The number of carbonyl (C=O) groups excluding carboxylic acids is 1. The van der Waals surface area contributed by atoms with Gasteiger partial charge in [-0.25, -0.2) is 18.9 Å². The molecule has 1 saturated heterocycles. The van der Waals surface area contributed by atoms with E-state index >= 15 is 0 Å². The Morgan fingerprint density at radius 2 is 2.03 bits per heavy atom. The highest BCUT2D eigenvalue weighted by atomic mass is 32.2. The summed E-state index contributed by atoms with van der Waals surface area (Å²) in [6.45, 7) is 2.22. The molecule has 0 bridgehead atoms. The molecule has 1 fully saturated rings. The molecule has 2 aliphatic rings. The highest BCUT2D eigenvalue weighted by Gasteiger charge is 2.28. The number of hydrogen-bond donors (Lipinski definition) is 3. The Kier molecular flexibility index (Phi) is 7.63. The Morgan fingerprint density at radius 1 is 1.21 bits per heavy atom. The fourth-order valence-corrected chi connectivity index (χ4v) is 5.88. The number of benzene rings is 1. The molecule has 0 radical (unpaired) electrons. The Labute approximate surface area is 220 Å². The van der Waals surface area contributed by atoms with Crippen molar-refractivity contribution in [2.45, 2.75) is 19.3 Å². The number of rotatable bonds is 7. The summed E-state index contributed by atoms with van der Waals surface area (Å²) >= 11 is 0. The Hall–Kier alpha value is -3.48. The number of carbonyl (C=O) groups is 1. The predicted molar refractivity (Wildman–Crippen MR) is 141 cm³/mol. The first-order chi connectivity index (χ1) is 18.3. The molecule has 10 nitrogen and oxygen atoms in total. The summed E-state index contributed by atoms with van der Waals surface area (Å²) in [4.78, 5) is 19.8. The second kappa shape index (κ2) is 11.1. The number of ether oxygens (including phenoxy) is 2. The Morgan fingerprint density at radius 3 is 2.76 bits per heavy atom. The standard InChI is InChI=1S/C26H30FN5O5S/c1-36-24-3-2-19(27)14-21(24)20-6-11-29-25-22(20)15-23(30-25)18-7-12-32(13-8-18)38(34,35)31-26(33)37-16-17-4-9-28-10-5-17/h2-3,6-7,11,14-15,17,28H,4-5,8-10,12-13,16H2,1H3,(H,29,30)(H,31,33). The summed E-state index contributed by atoms with van der Waals surface area (Å²) in [6, 6.07) is 8.08. The van der Waals surface area contributed by atoms with Crippen molar-refractivity contribution in [3.8, 4) is 16.9 Å². The molecule has 1 amide bonds. The maximum atomic E-state index is 14.0. The maximum absolute atomic E-state index is 14.0. The molecule has 4 heterocycles. The van der Waals surface area contributed by atoms with Gasteiger partial charge >= 0.3 is 16.3 Å². The lowest BCUT2D eigenvalue weighted by Gasteiger charge is -2.26. The van der Waals surface area contributed by atoms with Gasteiger partial charge in [-0.1, -0.05) is 6.08 Å². The lowest BCUT2D eigenvalue weighted by atomic mass is 9.99. The van der Waals surface area contributed by atoms with Crippen LogP contribution in [0.5, 0.6) is 5.75 Å². The number of aromatic amines is 1. The van der Waals surface area contributed by atoms with Gasteiger partial charge in [-0.05, 0) is 79.7 Å². The molecule has 1 aromatic carbocycles. The zero-order chi connectivity index (χ0) is 26.7. The molecule has 12 heteroatoms. The third-order valence-corrected chi connectivity index (χ3v) is 8.40. The van der Waals surface area contributed by atoms with Gasteiger partial charge in [0.2, 0.25) is 0 Å². The zero-order valence-electron chi connectivity index (χ0n) is 21.0. The molecular formula is C26H30FN5O5S. The van der Waals surface area contributed by atoms with Crippen LogP contribution in [0.1, 0.15) is 25.0 Å². The van der Waals surface area contributed by atoms with E-state index in [9.17, 15) is 17.6 Å². The van der Waals surface area contributed by atoms with E-state index in [-0.39, 0.29) is 31.4 Å². The van der Waals surface area contributed by atoms with Crippen LogP contribution in [0.25, 0.3) is 27.7 Å². The topological polar surface area (TPSA) is 126 Å². The number of halogens is 1. The third-order valence-electron chi connectivity index (χ3n) is 6.96. The first kappa shape index (κ1) is 26.1. The van der Waals surface area contributed by atoms with Crippen molar-refractivity contribution in [3.63, 3.8) is 0 Å². The molecule has 0 spiro atoms. The Balaban J connectivity index is 1.28. The largest absolute Gasteiger partial charge is 0.496 e. The normalized spacial score (nSPS) is 17.3. The fraction of sp³-hybridized carbons (Fsp3) is 0.385. The van der Waals surface area contributed by atoms with Crippen molar-refractivity contribution in [2.24, 2.45) is 5.92 Å². The number of fused-ring (bicyclic) bond motifs is 1. The minimum absolute atomic E-state index is 0.0968. The van der Waals surface area contributed by atoms with Crippen LogP contribution in [0.2, 0.25) is 0 Å². The first-order valence-corrected chi connectivity index (χ1v) is 13.9. The van der Waals surface area contributed by atoms with Crippen LogP contribution in [0.15, 0.2) is 42.6 Å². The molecule has 2 aromatic heterocycles. The van der Waals surface area contributed by atoms with E-state index in [2.05, 4.69) is 15.3 Å². The van der Waals surface area contributed by atoms with Gasteiger partial charge in [0, 0.05) is 35.9 Å². The molecule has 0 atom stereocenters. The van der Waals surface area contributed by atoms with Crippen LogP contribution in [0.3, 0.4) is 0 Å². The summed E-state index contributed by atoms with van der Waals surface area (Å²) in [5.74, 6) is 0.404. The number of piperidine rings is 1. The van der Waals surface area contributed by atoms with Crippen LogP contribution in [0, 0.1) is 11.7 Å². The van der Waals surface area contributed by atoms with Gasteiger partial charge < -0.3 is 19.8 Å². The van der Waals surface area contributed by atoms with E-state index < -0.39 is 16.3 Å². The van der Waals surface area contributed by atoms with E-state index in [1.807, 2.05) is 10.8 Å². The Bertz CT molecular complexity index is 1470. The first-order valence-electron chi connectivity index (χ1n) is 12.5. The number of pyridine rings is 1. The lowest BCUT2D eigenvalue weighted by Crippen LogP contribution is -2.45. The van der Waals surface area contributed by atoms with E-state index in [0.717, 1.165) is 48.1 Å². The number of nitrogens with zero attached hydrogens (tertiary/aromatic N) is 2. The number of H-pyrrole nitrogens is 1. The van der Waals surface area contributed by atoms with E-state index in [0.29, 0.717) is 23.4 Å². The van der Waals surface area contributed by atoms with E-state index in [1.54, 1.807) is 24.4 Å². The van der Waals surface area contributed by atoms with Crippen LogP contribution < -0.4 is 14.8 Å². The molecular weight excluding hydrogens is 513 g/mol. The average molecular weight is 544 g/mol. The quantitative estimate of drug-likeness (QED) is 0.417. The van der Waals surface area contributed by atoms with Crippen molar-refractivity contribution in [2.75, 3.05) is 39.9 Å². The maximum Gasteiger partial charge on any atom is 0.421 e. The van der Waals surface area contributed by atoms with Crippen molar-refractivity contribution in [1.29, 1.82) is 0 Å². The molecule has 38 heavy (non-hydrogen) atoms. The SMILES string of the molecule is COc1ccc(F)cc1-c1ccnc2[nH]c(C3=CCN(S(=O)(=O)NC(=O)OCC4CCNCC4)CC3)cc12. The molecule has 0 unspecified atom stereocenters. The van der Waals surface area contributed by atoms with Crippen molar-refractivity contribution < 1.29 is 27.1 Å². The summed E-state index contributed by atoms with van der Waals surface area (Å²) in [6.07, 6.45) is 4.69. The highest BCUT2D eigenvalue weighted by Crippen LogP contribution is 2.36. The molecule has 0 aliphatic carbocycles. The number of hydrogen-bond acceptors (Lipinski definition) is 7. The minimum Gasteiger partial charge on any atom is -0.496 e. The van der Waals surface area contributed by atoms with Crippen molar-refractivity contribution in [3.05, 3.63) is 54.1 Å². The van der Waals surface area contributed by atoms with E-state index in [1.165, 1.54) is 23.5 Å². The smallest absolute Gasteiger partial charge is 0.421 e. The summed E-state index contributed by atoms with van der Waals surface area (Å²) in [5.41, 5.74) is 3.71. The number of methoxy groups -OCH3 is 1. The van der Waals surface area contributed by atoms with Crippen LogP contribution in [0.4, 0.5) is 9.18 Å². The van der Waals surface area contributed by atoms with Gasteiger partial charge in [0.15, 0.2) is 0 Å². The van der Waals surface area contributed by atoms with Crippen LogP contribution in [-0.2, 0) is 14.9 Å². The van der Waals surface area contributed by atoms with Gasteiger partial charge in [0.05, 0.1) is 13.7 Å². The van der Waals surface area contributed by atoms with Gasteiger partial charge in [0.25, 0.3) is 0 Å². The predicted octanol–water partition coefficient (Wildman–Crippen LogP) is 3.44. The molecule has 0 saturated carbocycles. The van der Waals surface area contributed by atoms with Crippen molar-refractivity contribution in [1.82, 2.24) is 24.3 Å². The van der Waals surface area contributed by atoms with Crippen molar-refractivity contribution >= 4 is 32.9 Å². The molecule has 3 N–H and O–H groups in total. The zero-order valence-corrected chi connectivity index (χ0v) is 21.8. The van der Waals surface area contributed by atoms with Gasteiger partial charge in [-0.3, -0.25) is 0 Å². The lowest BCUT2D eigenvalue weighted by molar-refractivity contribution is 0.122. The molecule has 2 aliphatic heterocycles. The minimum atomic E-state index is -4.04. The number of nitrogens with one attached hydrogen (secondary N) is 3. The monoisotopic (exact) mass is 543 g/mol. The molecule has 3 aromatic rings. The summed E-state index contributed by atoms with van der Waals surface area (Å²) in [7, 11) is -2.51. The van der Waals surface area contributed by atoms with Gasteiger partial charge in [0.1, 0.15) is 17.2 Å². The number of aromatic nitrogens is 2. The van der Waals surface area contributed by atoms with E-state index in [4.69, 9.17) is 9.47 Å². The fourth-order valence-electron chi connectivity index (χ4n) is 4.88. The highest BCUT2D eigenvalue weighted by molar-refractivity contribution is 7.87. The van der Waals surface area contributed by atoms with Crippen LogP contribution >= 0.6 is 0 Å². The average Bonchev–Trinajstić information content (AvgIpc) is 3.37. The summed E-state index contributed by atoms with van der Waals surface area (Å²) in [5, 5.41) is 4.03.